The summed E-state index contributed by atoms with van der Waals surface area (Å²) in [6.45, 7) is 6.85. The van der Waals surface area contributed by atoms with E-state index >= 15 is 0 Å². The van der Waals surface area contributed by atoms with Gasteiger partial charge in [-0.2, -0.15) is 13.2 Å². The van der Waals surface area contributed by atoms with Crippen LogP contribution < -0.4 is 0 Å². The Kier molecular flexibility index (Phi) is 6.36. The van der Waals surface area contributed by atoms with Crippen LogP contribution in [0.4, 0.5) is 13.2 Å². The van der Waals surface area contributed by atoms with Crippen molar-refractivity contribution in [3.63, 3.8) is 0 Å². The molecule has 6 heteroatoms. The number of hydrogen-bond donors (Lipinski definition) is 1. The van der Waals surface area contributed by atoms with Crippen LogP contribution in [0, 0.1) is 6.92 Å². The van der Waals surface area contributed by atoms with E-state index < -0.39 is 17.9 Å². The average Bonchev–Trinajstić information content (AvgIpc) is 2.78. The molecule has 0 aromatic carbocycles. The van der Waals surface area contributed by atoms with Gasteiger partial charge in [-0.3, -0.25) is 0 Å². The second-order valence-electron chi connectivity index (χ2n) is 4.65. The lowest BCUT2D eigenvalue weighted by Gasteiger charge is -2.12. The van der Waals surface area contributed by atoms with E-state index in [0.29, 0.717) is 11.3 Å². The Bertz CT molecular complexity index is 543. The molecule has 0 radical (unpaired) electrons. The molecule has 0 aliphatic rings. The third-order valence-electron chi connectivity index (χ3n) is 2.85. The van der Waals surface area contributed by atoms with Gasteiger partial charge < -0.3 is 5.11 Å². The molecule has 0 bridgehead atoms. The molecule has 116 valence electrons. The van der Waals surface area contributed by atoms with E-state index in [4.69, 9.17) is 0 Å². The number of alkyl halides is 3. The van der Waals surface area contributed by atoms with Crippen molar-refractivity contribution in [2.75, 3.05) is 0 Å². The number of thiazole rings is 1. The third kappa shape index (κ3) is 5.85. The van der Waals surface area contributed by atoms with E-state index in [1.54, 1.807) is 13.0 Å². The first-order chi connectivity index (χ1) is 9.74. The van der Waals surface area contributed by atoms with E-state index in [2.05, 4.69) is 11.6 Å². The van der Waals surface area contributed by atoms with Gasteiger partial charge in [-0.15, -0.1) is 17.9 Å². The number of aliphatic hydroxyl groups is 1. The van der Waals surface area contributed by atoms with Crippen molar-refractivity contribution in [3.8, 4) is 0 Å². The number of aliphatic hydroxyl groups excluding tert-OH is 1. The first-order valence-electron chi connectivity index (χ1n) is 6.39. The molecule has 1 heterocycles. The largest absolute Gasteiger partial charge is 0.412 e. The molecular weight excluding hydrogens is 299 g/mol. The van der Waals surface area contributed by atoms with E-state index in [9.17, 15) is 18.3 Å². The predicted molar refractivity (Wildman–Crippen MR) is 80.1 cm³/mol. The zero-order valence-corrected chi connectivity index (χ0v) is 12.8. The lowest BCUT2D eigenvalue weighted by Crippen LogP contribution is -2.13. The Morgan fingerprint density at radius 3 is 2.67 bits per heavy atom. The first-order valence-corrected chi connectivity index (χ1v) is 7.27. The van der Waals surface area contributed by atoms with E-state index in [0.717, 1.165) is 11.1 Å². The van der Waals surface area contributed by atoms with Gasteiger partial charge in [0.1, 0.15) is 0 Å². The lowest BCUT2D eigenvalue weighted by atomic mass is 10.0. The average molecular weight is 317 g/mol. The fraction of sp³-hybridized carbons (Fsp3) is 0.400. The van der Waals surface area contributed by atoms with Crippen molar-refractivity contribution < 1.29 is 18.3 Å². The molecule has 0 fully saturated rings. The molecule has 0 saturated heterocycles. The maximum Gasteiger partial charge on any atom is 0.412 e. The number of aromatic nitrogens is 1. The van der Waals surface area contributed by atoms with Gasteiger partial charge in [0.15, 0.2) is 0 Å². The Balaban J connectivity index is 2.77. The van der Waals surface area contributed by atoms with Gasteiger partial charge in [0.05, 0.1) is 16.8 Å². The molecule has 0 aliphatic heterocycles. The SMILES string of the molecule is C=CC/C(=C\C[C@H](O)/C(C)=C/c1csc(C)n1)C(F)(F)F. The fourth-order valence-electron chi connectivity index (χ4n) is 1.69. The zero-order valence-electron chi connectivity index (χ0n) is 11.9. The van der Waals surface area contributed by atoms with Gasteiger partial charge >= 0.3 is 6.18 Å². The highest BCUT2D eigenvalue weighted by molar-refractivity contribution is 7.09. The summed E-state index contributed by atoms with van der Waals surface area (Å²) in [5, 5.41) is 12.7. The van der Waals surface area contributed by atoms with Crippen LogP contribution >= 0.6 is 11.3 Å². The van der Waals surface area contributed by atoms with Crippen LogP contribution in [0.1, 0.15) is 30.5 Å². The van der Waals surface area contributed by atoms with Crippen LogP contribution in [0.25, 0.3) is 6.08 Å². The molecule has 0 spiro atoms. The normalized spacial score (nSPS) is 15.1. The molecule has 21 heavy (non-hydrogen) atoms. The summed E-state index contributed by atoms with van der Waals surface area (Å²) in [6, 6.07) is 0. The van der Waals surface area contributed by atoms with Crippen molar-refractivity contribution in [1.82, 2.24) is 4.98 Å². The molecule has 0 aliphatic carbocycles. The first kappa shape index (κ1) is 17.7. The molecule has 0 unspecified atom stereocenters. The second kappa shape index (κ2) is 7.56. The van der Waals surface area contributed by atoms with Crippen molar-refractivity contribution >= 4 is 17.4 Å². The standard InChI is InChI=1S/C15H18F3NOS/c1-4-5-12(15(16,17)18)6-7-14(20)10(2)8-13-9-21-11(3)19-13/h4,6,8-9,14,20H,1,5,7H2,2-3H3/b10-8+,12-6+/t14-/m0/s1. The Hall–Kier alpha value is -1.40. The van der Waals surface area contributed by atoms with Crippen LogP contribution in [-0.4, -0.2) is 22.4 Å². The van der Waals surface area contributed by atoms with Crippen molar-refractivity contribution in [3.05, 3.63) is 46.0 Å². The van der Waals surface area contributed by atoms with Crippen LogP contribution in [0.15, 0.2) is 35.3 Å². The zero-order chi connectivity index (χ0) is 16.0. The Morgan fingerprint density at radius 2 is 2.19 bits per heavy atom. The second-order valence-corrected chi connectivity index (χ2v) is 5.71. The molecule has 1 atom stereocenters. The molecule has 2 nitrogen and oxygen atoms in total. The Morgan fingerprint density at radius 1 is 1.52 bits per heavy atom. The third-order valence-corrected chi connectivity index (χ3v) is 3.65. The minimum Gasteiger partial charge on any atom is -0.388 e. The number of rotatable bonds is 6. The topological polar surface area (TPSA) is 33.1 Å². The van der Waals surface area contributed by atoms with Gasteiger partial charge in [-0.05, 0) is 38.3 Å². The minimum atomic E-state index is -4.39. The lowest BCUT2D eigenvalue weighted by molar-refractivity contribution is -0.0932. The molecular formula is C15H18F3NOS. The van der Waals surface area contributed by atoms with Gasteiger partial charge in [-0.1, -0.05) is 12.2 Å². The van der Waals surface area contributed by atoms with Gasteiger partial charge in [-0.25, -0.2) is 4.98 Å². The van der Waals surface area contributed by atoms with Crippen molar-refractivity contribution in [1.29, 1.82) is 0 Å². The molecule has 0 amide bonds. The highest BCUT2D eigenvalue weighted by Crippen LogP contribution is 2.29. The smallest absolute Gasteiger partial charge is 0.388 e. The van der Waals surface area contributed by atoms with Crippen LogP contribution in [0.5, 0.6) is 0 Å². The van der Waals surface area contributed by atoms with Gasteiger partial charge in [0, 0.05) is 11.0 Å². The monoisotopic (exact) mass is 317 g/mol. The summed E-state index contributed by atoms with van der Waals surface area (Å²) in [5.41, 5.74) is 0.602. The van der Waals surface area contributed by atoms with E-state index in [1.807, 2.05) is 12.3 Å². The predicted octanol–water partition coefficient (Wildman–Crippen LogP) is 4.67. The summed E-state index contributed by atoms with van der Waals surface area (Å²) in [4.78, 5) is 4.22. The van der Waals surface area contributed by atoms with Crippen LogP contribution in [-0.2, 0) is 0 Å². The van der Waals surface area contributed by atoms with Crippen molar-refractivity contribution in [2.45, 2.75) is 39.0 Å². The van der Waals surface area contributed by atoms with Crippen LogP contribution in [0.3, 0.4) is 0 Å². The number of allylic oxidation sites excluding steroid dienone is 2. The van der Waals surface area contributed by atoms with E-state index in [-0.39, 0.29) is 12.8 Å². The summed E-state index contributed by atoms with van der Waals surface area (Å²) in [5.74, 6) is 0. The summed E-state index contributed by atoms with van der Waals surface area (Å²) in [6.07, 6.45) is -1.80. The minimum absolute atomic E-state index is 0.0892. The fourth-order valence-corrected chi connectivity index (χ4v) is 2.26. The maximum atomic E-state index is 12.7. The quantitative estimate of drug-likeness (QED) is 0.773. The van der Waals surface area contributed by atoms with Crippen LogP contribution in [0.2, 0.25) is 0 Å². The highest BCUT2D eigenvalue weighted by Gasteiger charge is 2.32. The highest BCUT2D eigenvalue weighted by atomic mass is 32.1. The summed E-state index contributed by atoms with van der Waals surface area (Å²) < 4.78 is 38.1. The molecule has 1 aromatic rings. The number of halogens is 3. The summed E-state index contributed by atoms with van der Waals surface area (Å²) >= 11 is 1.48. The van der Waals surface area contributed by atoms with Crippen molar-refractivity contribution in [2.24, 2.45) is 0 Å². The molecule has 1 aromatic heterocycles. The molecule has 0 saturated carbocycles. The van der Waals surface area contributed by atoms with E-state index in [1.165, 1.54) is 17.4 Å². The Labute approximate surface area is 126 Å². The van der Waals surface area contributed by atoms with Gasteiger partial charge in [0.25, 0.3) is 0 Å². The van der Waals surface area contributed by atoms with Gasteiger partial charge in [0.2, 0.25) is 0 Å². The summed E-state index contributed by atoms with van der Waals surface area (Å²) in [7, 11) is 0. The number of nitrogens with zero attached hydrogens (tertiary/aromatic N) is 1. The molecule has 1 N–H and O–H groups in total. The maximum absolute atomic E-state index is 12.7. The number of hydrogen-bond acceptors (Lipinski definition) is 3. The number of aryl methyl sites for hydroxylation is 1. The molecule has 1 rings (SSSR count).